The number of benzene rings is 1. The minimum Gasteiger partial charge on any atom is -0.465 e. The number of ether oxygens (including phenoxy) is 1. The van der Waals surface area contributed by atoms with Gasteiger partial charge in [-0.1, -0.05) is 17.7 Å². The van der Waals surface area contributed by atoms with Gasteiger partial charge in [0, 0.05) is 23.2 Å². The molecule has 2 rings (SSSR count). The molecule has 0 unspecified atom stereocenters. The molecule has 0 aliphatic heterocycles. The molecule has 1 fully saturated rings. The van der Waals surface area contributed by atoms with Crippen molar-refractivity contribution in [3.63, 3.8) is 0 Å². The first-order valence-corrected chi connectivity index (χ1v) is 8.26. The Morgan fingerprint density at radius 2 is 2.05 bits per heavy atom. The van der Waals surface area contributed by atoms with Gasteiger partial charge < -0.3 is 4.74 Å². The standard InChI is InChI=1S/C16H23NO2S/c1-3-19-16(18)12-17(14-6-7-14)10-11-20-15-8-4-13(2)5-9-15/h4-5,8-9,14H,3,6-7,10-12H2,1-2H3. The first-order valence-electron chi connectivity index (χ1n) is 7.28. The van der Waals surface area contributed by atoms with Crippen LogP contribution in [0.5, 0.6) is 0 Å². The van der Waals surface area contributed by atoms with E-state index in [1.54, 1.807) is 0 Å². The van der Waals surface area contributed by atoms with Crippen molar-refractivity contribution in [1.29, 1.82) is 0 Å². The molecule has 1 aliphatic rings. The molecular formula is C16H23NO2S. The Labute approximate surface area is 125 Å². The Balaban J connectivity index is 1.74. The summed E-state index contributed by atoms with van der Waals surface area (Å²) in [5, 5.41) is 0. The summed E-state index contributed by atoms with van der Waals surface area (Å²) >= 11 is 1.85. The third-order valence-electron chi connectivity index (χ3n) is 3.37. The molecule has 0 bridgehead atoms. The Morgan fingerprint density at radius 1 is 1.35 bits per heavy atom. The number of carbonyl (C=O) groups excluding carboxylic acids is 1. The highest BCUT2D eigenvalue weighted by Crippen LogP contribution is 2.27. The fourth-order valence-electron chi connectivity index (χ4n) is 2.12. The van der Waals surface area contributed by atoms with Crippen molar-refractivity contribution in [2.45, 2.75) is 37.6 Å². The third-order valence-corrected chi connectivity index (χ3v) is 4.36. The maximum Gasteiger partial charge on any atom is 0.320 e. The monoisotopic (exact) mass is 293 g/mol. The van der Waals surface area contributed by atoms with E-state index < -0.39 is 0 Å². The second kappa shape index (κ2) is 7.70. The molecule has 0 saturated heterocycles. The largest absolute Gasteiger partial charge is 0.465 e. The zero-order valence-electron chi connectivity index (χ0n) is 12.3. The molecule has 4 heteroatoms. The number of hydrogen-bond donors (Lipinski definition) is 0. The van der Waals surface area contributed by atoms with Gasteiger partial charge in [-0.2, -0.15) is 0 Å². The lowest BCUT2D eigenvalue weighted by Crippen LogP contribution is -2.34. The van der Waals surface area contributed by atoms with Crippen molar-refractivity contribution in [1.82, 2.24) is 4.90 Å². The van der Waals surface area contributed by atoms with E-state index in [1.807, 2.05) is 18.7 Å². The Morgan fingerprint density at radius 3 is 2.65 bits per heavy atom. The first kappa shape index (κ1) is 15.4. The van der Waals surface area contributed by atoms with Crippen molar-refractivity contribution in [2.24, 2.45) is 0 Å². The molecule has 3 nitrogen and oxygen atoms in total. The van der Waals surface area contributed by atoms with E-state index in [9.17, 15) is 4.79 Å². The fourth-order valence-corrected chi connectivity index (χ4v) is 3.01. The third kappa shape index (κ3) is 5.17. The van der Waals surface area contributed by atoms with Crippen LogP contribution < -0.4 is 0 Å². The van der Waals surface area contributed by atoms with Gasteiger partial charge in [-0.05, 0) is 38.8 Å². The molecular weight excluding hydrogens is 270 g/mol. The lowest BCUT2D eigenvalue weighted by molar-refractivity contribution is -0.144. The Kier molecular flexibility index (Phi) is 5.92. The van der Waals surface area contributed by atoms with Crippen molar-refractivity contribution in [3.8, 4) is 0 Å². The number of thioether (sulfide) groups is 1. The van der Waals surface area contributed by atoms with Gasteiger partial charge in [0.15, 0.2) is 0 Å². The molecule has 20 heavy (non-hydrogen) atoms. The lowest BCUT2D eigenvalue weighted by atomic mass is 10.2. The summed E-state index contributed by atoms with van der Waals surface area (Å²) in [6.45, 7) is 5.81. The van der Waals surface area contributed by atoms with Gasteiger partial charge in [-0.25, -0.2) is 0 Å². The van der Waals surface area contributed by atoms with Crippen LogP contribution in [-0.2, 0) is 9.53 Å². The summed E-state index contributed by atoms with van der Waals surface area (Å²) in [5.41, 5.74) is 1.29. The van der Waals surface area contributed by atoms with Crippen LogP contribution in [0.25, 0.3) is 0 Å². The van der Waals surface area contributed by atoms with E-state index in [0.29, 0.717) is 19.2 Å². The van der Waals surface area contributed by atoms with Crippen LogP contribution in [-0.4, -0.2) is 42.4 Å². The van der Waals surface area contributed by atoms with Crippen molar-refractivity contribution in [3.05, 3.63) is 29.8 Å². The average molecular weight is 293 g/mol. The predicted octanol–water partition coefficient (Wildman–Crippen LogP) is 3.11. The van der Waals surface area contributed by atoms with Crippen molar-refractivity contribution in [2.75, 3.05) is 25.4 Å². The second-order valence-corrected chi connectivity index (χ2v) is 6.34. The molecule has 0 heterocycles. The van der Waals surface area contributed by atoms with E-state index >= 15 is 0 Å². The Bertz CT molecular complexity index is 429. The van der Waals surface area contributed by atoms with Crippen molar-refractivity contribution >= 4 is 17.7 Å². The zero-order valence-corrected chi connectivity index (χ0v) is 13.1. The fraction of sp³-hybridized carbons (Fsp3) is 0.562. The topological polar surface area (TPSA) is 29.5 Å². The number of rotatable bonds is 8. The zero-order chi connectivity index (χ0) is 14.4. The number of esters is 1. The van der Waals surface area contributed by atoms with Gasteiger partial charge in [-0.15, -0.1) is 11.8 Å². The average Bonchev–Trinajstić information content (AvgIpc) is 3.24. The van der Waals surface area contributed by atoms with E-state index in [4.69, 9.17) is 4.74 Å². The van der Waals surface area contributed by atoms with Crippen LogP contribution in [0.4, 0.5) is 0 Å². The number of hydrogen-bond acceptors (Lipinski definition) is 4. The number of aryl methyl sites for hydroxylation is 1. The van der Waals surface area contributed by atoms with E-state index in [1.165, 1.54) is 23.3 Å². The SMILES string of the molecule is CCOC(=O)CN(CCSc1ccc(C)cc1)C1CC1. The number of carbonyl (C=O) groups is 1. The van der Waals surface area contributed by atoms with Crippen molar-refractivity contribution < 1.29 is 9.53 Å². The summed E-state index contributed by atoms with van der Waals surface area (Å²) in [6.07, 6.45) is 2.43. The molecule has 1 saturated carbocycles. The van der Waals surface area contributed by atoms with Crippen LogP contribution in [0.2, 0.25) is 0 Å². The molecule has 0 atom stereocenters. The van der Waals surface area contributed by atoms with Gasteiger partial charge in [0.1, 0.15) is 0 Å². The summed E-state index contributed by atoms with van der Waals surface area (Å²) in [5.74, 6) is 0.915. The van der Waals surface area contributed by atoms with Crippen LogP contribution in [0, 0.1) is 6.92 Å². The summed E-state index contributed by atoms with van der Waals surface area (Å²) < 4.78 is 5.04. The van der Waals surface area contributed by atoms with Gasteiger partial charge >= 0.3 is 5.97 Å². The quantitative estimate of drug-likeness (QED) is 0.544. The van der Waals surface area contributed by atoms with Crippen LogP contribution in [0.3, 0.4) is 0 Å². The Hall–Kier alpha value is -1.00. The van der Waals surface area contributed by atoms with E-state index in [2.05, 4.69) is 36.1 Å². The minimum atomic E-state index is -0.0975. The van der Waals surface area contributed by atoms with Gasteiger partial charge in [0.25, 0.3) is 0 Å². The highest BCUT2D eigenvalue weighted by atomic mass is 32.2. The molecule has 0 N–H and O–H groups in total. The van der Waals surface area contributed by atoms with E-state index in [0.717, 1.165) is 12.3 Å². The highest BCUT2D eigenvalue weighted by Gasteiger charge is 2.30. The van der Waals surface area contributed by atoms with Gasteiger partial charge in [0.2, 0.25) is 0 Å². The minimum absolute atomic E-state index is 0.0975. The van der Waals surface area contributed by atoms with Crippen LogP contribution in [0.1, 0.15) is 25.3 Å². The summed E-state index contributed by atoms with van der Waals surface area (Å²) in [7, 11) is 0. The molecule has 1 aromatic carbocycles. The molecule has 1 aromatic rings. The van der Waals surface area contributed by atoms with Gasteiger partial charge in [-0.3, -0.25) is 9.69 Å². The first-order chi connectivity index (χ1) is 9.69. The van der Waals surface area contributed by atoms with Gasteiger partial charge in [0.05, 0.1) is 13.2 Å². The molecule has 110 valence electrons. The van der Waals surface area contributed by atoms with E-state index in [-0.39, 0.29) is 5.97 Å². The van der Waals surface area contributed by atoms with Crippen LogP contribution >= 0.6 is 11.8 Å². The molecule has 0 radical (unpaired) electrons. The maximum atomic E-state index is 11.6. The summed E-state index contributed by atoms with van der Waals surface area (Å²) in [6, 6.07) is 9.19. The number of nitrogens with zero attached hydrogens (tertiary/aromatic N) is 1. The smallest absolute Gasteiger partial charge is 0.320 e. The second-order valence-electron chi connectivity index (χ2n) is 5.17. The summed E-state index contributed by atoms with van der Waals surface area (Å²) in [4.78, 5) is 15.1. The predicted molar refractivity (Wildman–Crippen MR) is 83.1 cm³/mol. The molecule has 0 spiro atoms. The lowest BCUT2D eigenvalue weighted by Gasteiger charge is -2.20. The molecule has 0 aromatic heterocycles. The van der Waals surface area contributed by atoms with Crippen LogP contribution in [0.15, 0.2) is 29.2 Å². The molecule has 0 amide bonds. The molecule has 1 aliphatic carbocycles. The normalized spacial score (nSPS) is 14.6. The highest BCUT2D eigenvalue weighted by molar-refractivity contribution is 7.99. The maximum absolute atomic E-state index is 11.6.